The molecular weight excluding hydrogens is 296 g/mol. The predicted molar refractivity (Wildman–Crippen MR) is 83.7 cm³/mol. The molecule has 2 atom stereocenters. The fraction of sp³-hybridized carbons (Fsp3) is 0.625. The zero-order valence-electron chi connectivity index (χ0n) is 13.3. The molecule has 2 unspecified atom stereocenters. The van der Waals surface area contributed by atoms with E-state index in [9.17, 15) is 14.4 Å². The van der Waals surface area contributed by atoms with E-state index in [0.29, 0.717) is 18.9 Å². The Morgan fingerprint density at radius 3 is 2.65 bits per heavy atom. The fourth-order valence-electron chi connectivity index (χ4n) is 3.15. The largest absolute Gasteiger partial charge is 0.368 e. The Balaban J connectivity index is 1.85. The molecule has 2 aliphatic rings. The molecule has 2 heterocycles. The van der Waals surface area contributed by atoms with E-state index in [1.807, 2.05) is 0 Å². The molecule has 2 fully saturated rings. The normalized spacial score (nSPS) is 22.7. The van der Waals surface area contributed by atoms with Gasteiger partial charge in [0.1, 0.15) is 12.1 Å². The monoisotopic (exact) mass is 318 g/mol. The summed E-state index contributed by atoms with van der Waals surface area (Å²) in [4.78, 5) is 38.0. The number of rotatable bonds is 4. The number of piperidine rings is 1. The number of primary amides is 1. The van der Waals surface area contributed by atoms with Crippen LogP contribution in [0.5, 0.6) is 0 Å². The minimum Gasteiger partial charge on any atom is -0.368 e. The van der Waals surface area contributed by atoms with Gasteiger partial charge in [0.2, 0.25) is 11.8 Å². The molecule has 7 heteroatoms. The molecule has 1 aliphatic heterocycles. The minimum absolute atomic E-state index is 0.268. The van der Waals surface area contributed by atoms with Crippen LogP contribution in [0.1, 0.15) is 56.7 Å². The minimum atomic E-state index is -0.735. The smallest absolute Gasteiger partial charge is 0.267 e. The summed E-state index contributed by atoms with van der Waals surface area (Å²) in [5.41, 5.74) is 5.97. The van der Waals surface area contributed by atoms with E-state index in [1.54, 1.807) is 13.0 Å². The summed E-state index contributed by atoms with van der Waals surface area (Å²) in [7, 11) is 0. The van der Waals surface area contributed by atoms with Crippen molar-refractivity contribution >= 4 is 11.8 Å². The van der Waals surface area contributed by atoms with Crippen LogP contribution >= 0.6 is 0 Å². The molecule has 2 N–H and O–H groups in total. The van der Waals surface area contributed by atoms with E-state index < -0.39 is 18.0 Å². The van der Waals surface area contributed by atoms with Crippen LogP contribution in [-0.4, -0.2) is 39.1 Å². The number of likely N-dealkylation sites (tertiary alicyclic amines) is 1. The van der Waals surface area contributed by atoms with Crippen molar-refractivity contribution in [3.8, 4) is 0 Å². The van der Waals surface area contributed by atoms with Crippen LogP contribution in [0.4, 0.5) is 0 Å². The van der Waals surface area contributed by atoms with Gasteiger partial charge in [-0.3, -0.25) is 14.4 Å². The Morgan fingerprint density at radius 2 is 2.00 bits per heavy atom. The first-order valence-electron chi connectivity index (χ1n) is 8.18. The van der Waals surface area contributed by atoms with Crippen molar-refractivity contribution in [1.82, 2.24) is 14.7 Å². The summed E-state index contributed by atoms with van der Waals surface area (Å²) in [6.45, 7) is 2.15. The van der Waals surface area contributed by atoms with Gasteiger partial charge >= 0.3 is 0 Å². The zero-order valence-corrected chi connectivity index (χ0v) is 13.3. The molecule has 1 saturated heterocycles. The van der Waals surface area contributed by atoms with Gasteiger partial charge in [0.25, 0.3) is 5.56 Å². The Labute approximate surface area is 134 Å². The van der Waals surface area contributed by atoms with E-state index >= 15 is 0 Å². The molecular formula is C16H22N4O3. The number of carbonyl (C=O) groups excluding carboxylic acids is 2. The number of aromatic nitrogens is 2. The summed E-state index contributed by atoms with van der Waals surface area (Å²) >= 11 is 0. The van der Waals surface area contributed by atoms with E-state index in [-0.39, 0.29) is 11.5 Å². The third kappa shape index (κ3) is 3.13. The number of nitrogens with two attached hydrogens (primary N) is 1. The highest BCUT2D eigenvalue weighted by molar-refractivity contribution is 5.88. The lowest BCUT2D eigenvalue weighted by Crippen LogP contribution is -2.53. The second-order valence-corrected chi connectivity index (χ2v) is 6.44. The number of hydrogen-bond donors (Lipinski definition) is 1. The van der Waals surface area contributed by atoms with Crippen LogP contribution < -0.4 is 11.3 Å². The van der Waals surface area contributed by atoms with E-state index in [0.717, 1.165) is 31.4 Å². The molecule has 0 aromatic carbocycles. The quantitative estimate of drug-likeness (QED) is 0.876. The Kier molecular flexibility index (Phi) is 4.19. The number of amides is 2. The molecule has 1 aliphatic carbocycles. The fourth-order valence-corrected chi connectivity index (χ4v) is 3.15. The lowest BCUT2D eigenvalue weighted by molar-refractivity contribution is -0.143. The summed E-state index contributed by atoms with van der Waals surface area (Å²) in [5, 5.41) is 4.36. The lowest BCUT2D eigenvalue weighted by atomic mass is 10.0. The van der Waals surface area contributed by atoms with Gasteiger partial charge in [0.15, 0.2) is 0 Å². The van der Waals surface area contributed by atoms with Crippen molar-refractivity contribution in [2.75, 3.05) is 6.54 Å². The summed E-state index contributed by atoms with van der Waals surface area (Å²) < 4.78 is 1.24. The van der Waals surface area contributed by atoms with Gasteiger partial charge in [0, 0.05) is 18.5 Å². The third-order valence-corrected chi connectivity index (χ3v) is 4.68. The highest BCUT2D eigenvalue weighted by Crippen LogP contribution is 2.38. The van der Waals surface area contributed by atoms with Crippen molar-refractivity contribution in [2.24, 2.45) is 5.73 Å². The first-order valence-corrected chi connectivity index (χ1v) is 8.18. The number of nitrogens with zero attached hydrogens (tertiary/aromatic N) is 3. The molecule has 1 aromatic rings. The van der Waals surface area contributed by atoms with E-state index in [2.05, 4.69) is 5.10 Å². The number of carbonyl (C=O) groups is 2. The Hall–Kier alpha value is -2.18. The first kappa shape index (κ1) is 15.7. The second-order valence-electron chi connectivity index (χ2n) is 6.44. The Morgan fingerprint density at radius 1 is 1.26 bits per heavy atom. The van der Waals surface area contributed by atoms with Crippen LogP contribution in [0, 0.1) is 0 Å². The van der Waals surface area contributed by atoms with Gasteiger partial charge in [-0.1, -0.05) is 0 Å². The maximum absolute atomic E-state index is 12.8. The average Bonchev–Trinajstić information content (AvgIpc) is 3.39. The SMILES string of the molecule is CC(C(=O)N1CCCCC1C(N)=O)n1nc(C2CC2)ccc1=O. The molecule has 23 heavy (non-hydrogen) atoms. The average molecular weight is 318 g/mol. The van der Waals surface area contributed by atoms with Gasteiger partial charge in [-0.25, -0.2) is 4.68 Å². The summed E-state index contributed by atoms with van der Waals surface area (Å²) in [5.74, 6) is -0.356. The van der Waals surface area contributed by atoms with Gasteiger partial charge in [-0.15, -0.1) is 0 Å². The van der Waals surface area contributed by atoms with E-state index in [4.69, 9.17) is 5.73 Å². The molecule has 1 aromatic heterocycles. The zero-order chi connectivity index (χ0) is 16.6. The van der Waals surface area contributed by atoms with Crippen LogP contribution in [0.2, 0.25) is 0 Å². The van der Waals surface area contributed by atoms with Crippen LogP contribution in [0.25, 0.3) is 0 Å². The molecule has 0 bridgehead atoms. The molecule has 2 amide bonds. The van der Waals surface area contributed by atoms with Gasteiger partial charge in [0.05, 0.1) is 5.69 Å². The van der Waals surface area contributed by atoms with Crippen LogP contribution in [0.3, 0.4) is 0 Å². The maximum Gasteiger partial charge on any atom is 0.267 e. The van der Waals surface area contributed by atoms with Crippen LogP contribution in [-0.2, 0) is 9.59 Å². The standard InChI is InChI=1S/C16H22N4O3/c1-10(16(23)19-9-3-2-4-13(19)15(17)22)20-14(21)8-7-12(18-20)11-5-6-11/h7-8,10-11,13H,2-6,9H2,1H3,(H2,17,22). The molecule has 1 saturated carbocycles. The topological polar surface area (TPSA) is 98.3 Å². The van der Waals surface area contributed by atoms with E-state index in [1.165, 1.54) is 15.6 Å². The van der Waals surface area contributed by atoms with Crippen molar-refractivity contribution in [2.45, 2.75) is 57.0 Å². The van der Waals surface area contributed by atoms with Gasteiger partial charge in [-0.05, 0) is 45.1 Å². The Bertz CT molecular complexity index is 680. The van der Waals surface area contributed by atoms with Crippen molar-refractivity contribution in [3.63, 3.8) is 0 Å². The highest BCUT2D eigenvalue weighted by atomic mass is 16.2. The summed E-state index contributed by atoms with van der Waals surface area (Å²) in [6, 6.07) is 1.88. The second kappa shape index (κ2) is 6.14. The highest BCUT2D eigenvalue weighted by Gasteiger charge is 2.34. The van der Waals surface area contributed by atoms with Crippen molar-refractivity contribution < 1.29 is 9.59 Å². The number of hydrogen-bond acceptors (Lipinski definition) is 4. The molecule has 7 nitrogen and oxygen atoms in total. The molecule has 3 rings (SSSR count). The third-order valence-electron chi connectivity index (χ3n) is 4.68. The molecule has 124 valence electrons. The first-order chi connectivity index (χ1) is 11.0. The van der Waals surface area contributed by atoms with Gasteiger partial charge < -0.3 is 10.6 Å². The lowest BCUT2D eigenvalue weighted by Gasteiger charge is -2.35. The van der Waals surface area contributed by atoms with Gasteiger partial charge in [-0.2, -0.15) is 5.10 Å². The molecule has 0 radical (unpaired) electrons. The van der Waals surface area contributed by atoms with Crippen molar-refractivity contribution in [3.05, 3.63) is 28.2 Å². The molecule has 0 spiro atoms. The van der Waals surface area contributed by atoms with Crippen molar-refractivity contribution in [1.29, 1.82) is 0 Å². The predicted octanol–water partition coefficient (Wildman–Crippen LogP) is 0.548. The van der Waals surface area contributed by atoms with Crippen LogP contribution in [0.15, 0.2) is 16.9 Å². The maximum atomic E-state index is 12.8. The summed E-state index contributed by atoms with van der Waals surface area (Å²) in [6.07, 6.45) is 4.44.